The first-order valence-electron chi connectivity index (χ1n) is 14.0. The van der Waals surface area contributed by atoms with Crippen molar-refractivity contribution in [1.82, 2.24) is 24.8 Å². The Labute approximate surface area is 229 Å². The number of imidazole rings is 1. The number of nitrogens with zero attached hydrogens (tertiary/aromatic N) is 5. The predicted octanol–water partition coefficient (Wildman–Crippen LogP) is 4.96. The van der Waals surface area contributed by atoms with Crippen LogP contribution in [0.4, 0.5) is 10.6 Å². The first-order chi connectivity index (χ1) is 18.9. The number of anilines is 1. The molecule has 3 aliphatic rings. The van der Waals surface area contributed by atoms with Crippen molar-refractivity contribution in [2.24, 2.45) is 13.0 Å². The lowest BCUT2D eigenvalue weighted by molar-refractivity contribution is -0.120. The maximum atomic E-state index is 12.3. The minimum absolute atomic E-state index is 0.164. The third-order valence-corrected chi connectivity index (χ3v) is 8.48. The molecule has 0 radical (unpaired) electrons. The van der Waals surface area contributed by atoms with Crippen LogP contribution in [-0.4, -0.2) is 44.0 Å². The molecule has 3 atom stereocenters. The van der Waals surface area contributed by atoms with Gasteiger partial charge in [0, 0.05) is 33.1 Å². The van der Waals surface area contributed by atoms with Gasteiger partial charge in [-0.3, -0.25) is 19.9 Å². The lowest BCUT2D eigenvalue weighted by atomic mass is 9.88. The molecule has 2 aliphatic heterocycles. The Kier molecular flexibility index (Phi) is 6.85. The zero-order valence-electron chi connectivity index (χ0n) is 22.9. The Morgan fingerprint density at radius 2 is 1.85 bits per heavy atom. The monoisotopic (exact) mass is 528 g/mol. The number of aromatic nitrogens is 3. The number of nitrogens with one attached hydrogen (secondary N) is 1. The number of amides is 3. The van der Waals surface area contributed by atoms with Crippen molar-refractivity contribution in [2.75, 3.05) is 11.4 Å². The molecule has 9 heteroatoms. The molecule has 6 rings (SSSR count). The Morgan fingerprint density at radius 1 is 1.05 bits per heavy atom. The number of pyridine rings is 1. The highest BCUT2D eigenvalue weighted by Gasteiger charge is 2.31. The number of carbonyl (C=O) groups excluding carboxylic acids is 2. The zero-order valence-corrected chi connectivity index (χ0v) is 22.9. The number of rotatable bonds is 6. The van der Waals surface area contributed by atoms with Crippen LogP contribution in [-0.2, 0) is 24.9 Å². The van der Waals surface area contributed by atoms with Crippen LogP contribution < -0.4 is 15.0 Å². The van der Waals surface area contributed by atoms with Crippen LogP contribution >= 0.6 is 0 Å². The Morgan fingerprint density at radius 3 is 2.62 bits per heavy atom. The molecule has 204 valence electrons. The molecule has 1 saturated carbocycles. The van der Waals surface area contributed by atoms with E-state index in [4.69, 9.17) is 9.72 Å². The molecule has 2 fully saturated rings. The molecule has 4 heterocycles. The number of fused-ring (bicyclic) bond motifs is 1. The van der Waals surface area contributed by atoms with Crippen molar-refractivity contribution in [2.45, 2.75) is 71.2 Å². The quantitative estimate of drug-likeness (QED) is 0.486. The van der Waals surface area contributed by atoms with Crippen LogP contribution in [0.25, 0.3) is 11.5 Å². The number of ether oxygens (including phenoxy) is 1. The summed E-state index contributed by atoms with van der Waals surface area (Å²) in [6, 6.07) is 12.5. The molecular formula is C30H36N6O3. The van der Waals surface area contributed by atoms with E-state index in [-0.39, 0.29) is 18.4 Å². The number of hydrogen-bond acceptors (Lipinski definition) is 6. The highest BCUT2D eigenvalue weighted by atomic mass is 16.5. The smallest absolute Gasteiger partial charge is 0.329 e. The van der Waals surface area contributed by atoms with E-state index in [0.29, 0.717) is 30.2 Å². The van der Waals surface area contributed by atoms with Gasteiger partial charge in [0.1, 0.15) is 23.4 Å². The van der Waals surface area contributed by atoms with Gasteiger partial charge in [-0.05, 0) is 61.4 Å². The molecule has 3 aromatic rings. The van der Waals surface area contributed by atoms with E-state index in [1.54, 1.807) is 11.1 Å². The Balaban J connectivity index is 1.13. The van der Waals surface area contributed by atoms with Crippen LogP contribution in [0, 0.1) is 5.92 Å². The molecule has 0 spiro atoms. The molecule has 2 aromatic heterocycles. The SMILES string of the molecule is C[C@@H]1CCCC[C@H]1Oc1ccc(CN2Cc3ccc(-c4ncc(N5CCC(=O)NC5=O)n4C)nc3[C@@H]2C)cc1. The topological polar surface area (TPSA) is 92.6 Å². The summed E-state index contributed by atoms with van der Waals surface area (Å²) in [6.07, 6.45) is 7.24. The second-order valence-corrected chi connectivity index (χ2v) is 11.1. The molecule has 9 nitrogen and oxygen atoms in total. The molecule has 3 amide bonds. The molecule has 1 saturated heterocycles. The van der Waals surface area contributed by atoms with E-state index in [1.807, 2.05) is 17.7 Å². The van der Waals surface area contributed by atoms with E-state index in [1.165, 1.54) is 30.4 Å². The van der Waals surface area contributed by atoms with E-state index in [0.717, 1.165) is 36.6 Å². The van der Waals surface area contributed by atoms with Crippen molar-refractivity contribution in [3.8, 4) is 17.3 Å². The van der Waals surface area contributed by atoms with Crippen LogP contribution in [0.1, 0.15) is 68.8 Å². The number of urea groups is 1. The van der Waals surface area contributed by atoms with Gasteiger partial charge in [0.05, 0.1) is 17.9 Å². The second kappa shape index (κ2) is 10.4. The Bertz CT molecular complexity index is 1380. The molecule has 0 unspecified atom stereocenters. The summed E-state index contributed by atoms with van der Waals surface area (Å²) in [7, 11) is 1.87. The summed E-state index contributed by atoms with van der Waals surface area (Å²) in [5.41, 5.74) is 4.31. The third kappa shape index (κ3) is 5.03. The predicted molar refractivity (Wildman–Crippen MR) is 148 cm³/mol. The van der Waals surface area contributed by atoms with Gasteiger partial charge in [-0.15, -0.1) is 0 Å². The lowest BCUT2D eigenvalue weighted by Crippen LogP contribution is -2.50. The third-order valence-electron chi connectivity index (χ3n) is 8.48. The summed E-state index contributed by atoms with van der Waals surface area (Å²) in [5, 5.41) is 2.37. The average Bonchev–Trinajstić information content (AvgIpc) is 3.45. The first kappa shape index (κ1) is 25.6. The molecule has 0 bridgehead atoms. The summed E-state index contributed by atoms with van der Waals surface area (Å²) >= 11 is 0. The van der Waals surface area contributed by atoms with Crippen molar-refractivity contribution in [1.29, 1.82) is 0 Å². The lowest BCUT2D eigenvalue weighted by Gasteiger charge is -2.29. The minimum Gasteiger partial charge on any atom is -0.490 e. The van der Waals surface area contributed by atoms with Gasteiger partial charge >= 0.3 is 6.03 Å². The molecular weight excluding hydrogens is 492 g/mol. The highest BCUT2D eigenvalue weighted by molar-refractivity contribution is 6.05. The van der Waals surface area contributed by atoms with Gasteiger partial charge in [-0.1, -0.05) is 31.5 Å². The van der Waals surface area contributed by atoms with Gasteiger partial charge in [-0.2, -0.15) is 0 Å². The largest absolute Gasteiger partial charge is 0.490 e. The zero-order chi connectivity index (χ0) is 27.1. The van der Waals surface area contributed by atoms with Gasteiger partial charge in [0.25, 0.3) is 0 Å². The van der Waals surface area contributed by atoms with Crippen LogP contribution in [0.2, 0.25) is 0 Å². The van der Waals surface area contributed by atoms with E-state index in [9.17, 15) is 9.59 Å². The number of imide groups is 1. The fraction of sp³-hybridized carbons (Fsp3) is 0.467. The van der Waals surface area contributed by atoms with Crippen molar-refractivity contribution in [3.05, 3.63) is 59.4 Å². The van der Waals surface area contributed by atoms with E-state index in [2.05, 4.69) is 59.4 Å². The molecule has 1 aliphatic carbocycles. The average molecular weight is 529 g/mol. The number of benzene rings is 1. The van der Waals surface area contributed by atoms with Crippen LogP contribution in [0.5, 0.6) is 5.75 Å². The maximum absolute atomic E-state index is 12.3. The molecule has 1 aromatic carbocycles. The number of hydrogen-bond donors (Lipinski definition) is 1. The van der Waals surface area contributed by atoms with Crippen LogP contribution in [0.3, 0.4) is 0 Å². The normalized spacial score (nSPS) is 23.6. The fourth-order valence-electron chi connectivity index (χ4n) is 6.06. The Hall–Kier alpha value is -3.72. The van der Waals surface area contributed by atoms with Gasteiger partial charge in [0.15, 0.2) is 5.82 Å². The fourth-order valence-corrected chi connectivity index (χ4v) is 6.06. The standard InChI is InChI=1S/C30H36N6O3/c1-19-6-4-5-7-25(19)39-23-11-8-21(9-12-23)17-35-18-22-10-13-24(32-28(22)20(35)2)29-31-16-27(34(29)3)36-15-14-26(37)33-30(36)38/h8-13,16,19-20,25H,4-7,14-15,17-18H2,1-3H3,(H,33,37,38)/t19-,20+,25-/m1/s1. The van der Waals surface area contributed by atoms with Gasteiger partial charge in [0.2, 0.25) is 5.91 Å². The van der Waals surface area contributed by atoms with Crippen molar-refractivity contribution < 1.29 is 14.3 Å². The van der Waals surface area contributed by atoms with E-state index < -0.39 is 6.03 Å². The highest BCUT2D eigenvalue weighted by Crippen LogP contribution is 2.35. The molecule has 1 N–H and O–H groups in total. The summed E-state index contributed by atoms with van der Waals surface area (Å²) in [6.45, 7) is 6.51. The molecule has 39 heavy (non-hydrogen) atoms. The minimum atomic E-state index is -0.421. The summed E-state index contributed by atoms with van der Waals surface area (Å²) in [5.74, 6) is 2.65. The number of carbonyl (C=O) groups is 2. The van der Waals surface area contributed by atoms with Gasteiger partial charge < -0.3 is 9.30 Å². The summed E-state index contributed by atoms with van der Waals surface area (Å²) < 4.78 is 8.17. The summed E-state index contributed by atoms with van der Waals surface area (Å²) in [4.78, 5) is 37.4. The second-order valence-electron chi connectivity index (χ2n) is 11.1. The maximum Gasteiger partial charge on any atom is 0.329 e. The van der Waals surface area contributed by atoms with E-state index >= 15 is 0 Å². The first-order valence-corrected chi connectivity index (χ1v) is 14.0. The van der Waals surface area contributed by atoms with Gasteiger partial charge in [-0.25, -0.2) is 14.8 Å². The van der Waals surface area contributed by atoms with Crippen molar-refractivity contribution >= 4 is 17.8 Å². The van der Waals surface area contributed by atoms with Crippen molar-refractivity contribution in [3.63, 3.8) is 0 Å². The van der Waals surface area contributed by atoms with Crippen LogP contribution in [0.15, 0.2) is 42.6 Å².